The second-order valence-corrected chi connectivity index (χ2v) is 29.2. The van der Waals surface area contributed by atoms with E-state index in [1.54, 1.807) is 6.08 Å². The minimum atomic E-state index is -0.844. The van der Waals surface area contributed by atoms with Gasteiger partial charge in [-0.2, -0.15) is 0 Å². The van der Waals surface area contributed by atoms with Gasteiger partial charge in [-0.1, -0.05) is 416 Å². The highest BCUT2D eigenvalue weighted by Crippen LogP contribution is 2.20. The fourth-order valence-electron chi connectivity index (χ4n) is 13.5. The van der Waals surface area contributed by atoms with E-state index < -0.39 is 12.1 Å². The van der Waals surface area contributed by atoms with Crippen LogP contribution in [0.3, 0.4) is 0 Å². The third-order valence-electron chi connectivity index (χ3n) is 19.9. The van der Waals surface area contributed by atoms with Crippen LogP contribution in [0.5, 0.6) is 0 Å². The molecule has 0 fully saturated rings. The molecule has 6 nitrogen and oxygen atoms in total. The molecule has 6 heteroatoms. The van der Waals surface area contributed by atoms with E-state index in [9.17, 15) is 19.8 Å². The molecule has 0 saturated heterocycles. The Bertz CT molecular complexity index is 1490. The number of aliphatic hydroxyl groups excluding tert-OH is 2. The molecular weight excluding hydrogens is 1130 g/mol. The number of nitrogens with one attached hydrogen (secondary N) is 1. The molecular formula is C86H165NO5. The van der Waals surface area contributed by atoms with Gasteiger partial charge in [0.2, 0.25) is 5.91 Å². The molecule has 0 aliphatic rings. The quantitative estimate of drug-likeness (QED) is 0.0320. The molecule has 1 amide bonds. The van der Waals surface area contributed by atoms with E-state index in [2.05, 4.69) is 43.5 Å². The lowest BCUT2D eigenvalue weighted by Gasteiger charge is -2.20. The van der Waals surface area contributed by atoms with Gasteiger partial charge in [0.1, 0.15) is 0 Å². The lowest BCUT2D eigenvalue weighted by molar-refractivity contribution is -0.143. The Labute approximate surface area is 576 Å². The largest absolute Gasteiger partial charge is 0.466 e. The van der Waals surface area contributed by atoms with Gasteiger partial charge < -0.3 is 20.3 Å². The van der Waals surface area contributed by atoms with Gasteiger partial charge in [-0.05, 0) is 83.5 Å². The van der Waals surface area contributed by atoms with E-state index in [0.717, 1.165) is 44.9 Å². The standard InChI is InChI=1S/C86H165NO5/c1-3-5-7-9-11-13-15-17-19-21-22-23-37-40-43-47-50-54-58-62-66-70-74-78-84(89)83(82-88)87-85(90)79-75-71-67-63-59-55-51-48-44-41-38-35-33-31-29-27-25-24-26-28-30-32-34-36-39-42-45-49-53-57-61-65-69-73-77-81-92-86(91)80-76-72-68-64-60-56-52-46-20-18-16-14-12-10-8-6-4-2/h18,20,26,28,74,78,83-84,88-89H,3-17,19,21-25,27,29-73,75-77,79-82H2,1-2H3,(H,87,90)/b20-18-,28-26-,78-74+. The number of allylic oxidation sites excluding steroid dienone is 5. The molecule has 544 valence electrons. The third kappa shape index (κ3) is 77.1. The van der Waals surface area contributed by atoms with E-state index in [1.165, 1.54) is 405 Å². The number of amides is 1. The molecule has 0 aromatic heterocycles. The fraction of sp³-hybridized carbons (Fsp3) is 0.907. The van der Waals surface area contributed by atoms with Crippen molar-refractivity contribution in [3.05, 3.63) is 36.5 Å². The maximum atomic E-state index is 12.6. The average Bonchev–Trinajstić information content (AvgIpc) is 3.62. The van der Waals surface area contributed by atoms with Crippen LogP contribution in [0.4, 0.5) is 0 Å². The van der Waals surface area contributed by atoms with E-state index in [1.807, 2.05) is 6.08 Å². The number of rotatable bonds is 80. The molecule has 3 N–H and O–H groups in total. The highest BCUT2D eigenvalue weighted by Gasteiger charge is 2.18. The molecule has 0 bridgehead atoms. The summed E-state index contributed by atoms with van der Waals surface area (Å²) in [6, 6.07) is -0.627. The number of hydrogen-bond acceptors (Lipinski definition) is 5. The minimum Gasteiger partial charge on any atom is -0.466 e. The summed E-state index contributed by atoms with van der Waals surface area (Å²) in [6.45, 7) is 4.95. The molecule has 0 rings (SSSR count). The molecule has 0 aliphatic heterocycles. The Balaban J connectivity index is 3.36. The van der Waals surface area contributed by atoms with E-state index in [0.29, 0.717) is 19.4 Å². The Kier molecular flexibility index (Phi) is 79.8. The Morgan fingerprint density at radius 2 is 0.511 bits per heavy atom. The van der Waals surface area contributed by atoms with Gasteiger partial charge in [0, 0.05) is 12.8 Å². The van der Waals surface area contributed by atoms with Crippen LogP contribution in [0.1, 0.15) is 476 Å². The van der Waals surface area contributed by atoms with Crippen molar-refractivity contribution in [1.29, 1.82) is 0 Å². The van der Waals surface area contributed by atoms with Crippen LogP contribution >= 0.6 is 0 Å². The molecule has 2 unspecified atom stereocenters. The van der Waals surface area contributed by atoms with Gasteiger partial charge in [0.15, 0.2) is 0 Å². The number of carbonyl (C=O) groups excluding carboxylic acids is 2. The highest BCUT2D eigenvalue weighted by atomic mass is 16.5. The van der Waals surface area contributed by atoms with Gasteiger partial charge in [0.25, 0.3) is 0 Å². The maximum absolute atomic E-state index is 12.6. The molecule has 2 atom stereocenters. The summed E-state index contributed by atoms with van der Waals surface area (Å²) in [7, 11) is 0. The number of aliphatic hydroxyl groups is 2. The van der Waals surface area contributed by atoms with Crippen molar-refractivity contribution in [3.8, 4) is 0 Å². The highest BCUT2D eigenvalue weighted by molar-refractivity contribution is 5.76. The molecule has 0 aliphatic carbocycles. The second kappa shape index (κ2) is 81.5. The van der Waals surface area contributed by atoms with Gasteiger partial charge in [-0.25, -0.2) is 0 Å². The zero-order valence-corrected chi connectivity index (χ0v) is 62.6. The first kappa shape index (κ1) is 90.1. The van der Waals surface area contributed by atoms with Gasteiger partial charge in [-0.3, -0.25) is 9.59 Å². The van der Waals surface area contributed by atoms with Crippen LogP contribution < -0.4 is 5.32 Å². The van der Waals surface area contributed by atoms with Crippen molar-refractivity contribution in [1.82, 2.24) is 5.32 Å². The summed E-state index contributed by atoms with van der Waals surface area (Å²) in [6.07, 6.45) is 107. The average molecular weight is 1290 g/mol. The third-order valence-corrected chi connectivity index (χ3v) is 19.9. The summed E-state index contributed by atoms with van der Waals surface area (Å²) < 4.78 is 5.51. The number of ether oxygens (including phenoxy) is 1. The lowest BCUT2D eigenvalue weighted by Crippen LogP contribution is -2.45. The van der Waals surface area contributed by atoms with Crippen LogP contribution in [-0.4, -0.2) is 47.4 Å². The Morgan fingerprint density at radius 3 is 0.772 bits per heavy atom. The molecule has 0 aromatic rings. The number of unbranched alkanes of at least 4 members (excludes halogenated alkanes) is 65. The summed E-state index contributed by atoms with van der Waals surface area (Å²) in [5, 5.41) is 23.3. The number of esters is 1. The SMILES string of the molecule is CCCCCCCC/C=C\CCCCCCCCCC(=O)OCCCCCCCCCCCCCCCC/C=C\CCCCCCCCCCCCCCCCCCCC(=O)NC(CO)C(O)/C=C/CCCCCCCCCCCCCCCCCCCCCCC. The van der Waals surface area contributed by atoms with Crippen molar-refractivity contribution in [2.75, 3.05) is 13.2 Å². The van der Waals surface area contributed by atoms with Gasteiger partial charge >= 0.3 is 5.97 Å². The summed E-state index contributed by atoms with van der Waals surface area (Å²) in [5.41, 5.74) is 0. The fourth-order valence-corrected chi connectivity index (χ4v) is 13.5. The Morgan fingerprint density at radius 1 is 0.293 bits per heavy atom. The van der Waals surface area contributed by atoms with Crippen LogP contribution in [0.2, 0.25) is 0 Å². The van der Waals surface area contributed by atoms with E-state index in [-0.39, 0.29) is 18.5 Å². The lowest BCUT2D eigenvalue weighted by atomic mass is 10.0. The summed E-state index contributed by atoms with van der Waals surface area (Å²) in [5.74, 6) is -0.0417. The topological polar surface area (TPSA) is 95.9 Å². The predicted molar refractivity (Wildman–Crippen MR) is 407 cm³/mol. The summed E-state index contributed by atoms with van der Waals surface area (Å²) in [4.78, 5) is 24.7. The normalized spacial score (nSPS) is 12.6. The van der Waals surface area contributed by atoms with Crippen LogP contribution in [-0.2, 0) is 14.3 Å². The monoisotopic (exact) mass is 1290 g/mol. The first-order valence-electron chi connectivity index (χ1n) is 42.3. The van der Waals surface area contributed by atoms with Crippen molar-refractivity contribution in [2.45, 2.75) is 488 Å². The predicted octanol–water partition coefficient (Wildman–Crippen LogP) is 28.2. The minimum absolute atomic E-state index is 0.0176. The van der Waals surface area contributed by atoms with Crippen molar-refractivity contribution in [3.63, 3.8) is 0 Å². The molecule has 0 radical (unpaired) electrons. The van der Waals surface area contributed by atoms with Gasteiger partial charge in [0.05, 0.1) is 25.4 Å². The van der Waals surface area contributed by atoms with E-state index in [4.69, 9.17) is 4.74 Å². The van der Waals surface area contributed by atoms with Crippen LogP contribution in [0.15, 0.2) is 36.5 Å². The van der Waals surface area contributed by atoms with Gasteiger partial charge in [-0.15, -0.1) is 0 Å². The van der Waals surface area contributed by atoms with Crippen LogP contribution in [0.25, 0.3) is 0 Å². The summed E-state index contributed by atoms with van der Waals surface area (Å²) >= 11 is 0. The molecule has 0 heterocycles. The molecule has 0 saturated carbocycles. The first-order valence-corrected chi connectivity index (χ1v) is 42.3. The zero-order chi connectivity index (χ0) is 66.3. The number of hydrogen-bond donors (Lipinski definition) is 3. The molecule has 92 heavy (non-hydrogen) atoms. The van der Waals surface area contributed by atoms with Crippen molar-refractivity contribution in [2.24, 2.45) is 0 Å². The molecule has 0 aromatic carbocycles. The number of carbonyl (C=O) groups is 2. The van der Waals surface area contributed by atoms with Crippen molar-refractivity contribution >= 4 is 11.9 Å². The first-order chi connectivity index (χ1) is 45.5. The Hall–Kier alpha value is -1.92. The maximum Gasteiger partial charge on any atom is 0.305 e. The van der Waals surface area contributed by atoms with Crippen molar-refractivity contribution < 1.29 is 24.5 Å². The van der Waals surface area contributed by atoms with Crippen LogP contribution in [0, 0.1) is 0 Å². The zero-order valence-electron chi connectivity index (χ0n) is 62.6. The second-order valence-electron chi connectivity index (χ2n) is 29.2. The smallest absolute Gasteiger partial charge is 0.305 e. The van der Waals surface area contributed by atoms with E-state index >= 15 is 0 Å². The molecule has 0 spiro atoms.